The third kappa shape index (κ3) is 4.76. The number of pyridine rings is 1. The maximum Gasteiger partial charge on any atom is 0.221 e. The molecule has 0 unspecified atom stereocenters. The van der Waals surface area contributed by atoms with Crippen LogP contribution >= 0.6 is 15.9 Å². The van der Waals surface area contributed by atoms with E-state index in [0.717, 1.165) is 15.7 Å². The van der Waals surface area contributed by atoms with Crippen molar-refractivity contribution >= 4 is 21.8 Å². The summed E-state index contributed by atoms with van der Waals surface area (Å²) in [6, 6.07) is 9.53. The molecule has 0 bridgehead atoms. The minimum absolute atomic E-state index is 0.108. The number of aromatic nitrogens is 2. The van der Waals surface area contributed by atoms with Gasteiger partial charge in [0.25, 0.3) is 0 Å². The van der Waals surface area contributed by atoms with Crippen molar-refractivity contribution in [2.24, 2.45) is 0 Å². The van der Waals surface area contributed by atoms with E-state index in [4.69, 9.17) is 4.42 Å². The first kappa shape index (κ1) is 18.3. The highest BCUT2D eigenvalue weighted by Gasteiger charge is 2.13. The van der Waals surface area contributed by atoms with Gasteiger partial charge < -0.3 is 9.73 Å². The minimum Gasteiger partial charge on any atom is -0.441 e. The molecule has 1 N–H and O–H groups in total. The molecule has 1 amide bonds. The van der Waals surface area contributed by atoms with Gasteiger partial charge in [0.05, 0.1) is 17.9 Å². The van der Waals surface area contributed by atoms with E-state index in [1.165, 1.54) is 12.1 Å². The van der Waals surface area contributed by atoms with Gasteiger partial charge in [0.15, 0.2) is 11.7 Å². The van der Waals surface area contributed by atoms with E-state index in [0.29, 0.717) is 18.1 Å². The van der Waals surface area contributed by atoms with E-state index in [-0.39, 0.29) is 24.2 Å². The summed E-state index contributed by atoms with van der Waals surface area (Å²) in [6.07, 6.45) is 3.91. The summed E-state index contributed by atoms with van der Waals surface area (Å²) in [5, 5.41) is 2.90. The summed E-state index contributed by atoms with van der Waals surface area (Å²) in [4.78, 5) is 20.6. The Labute approximate surface area is 158 Å². The Bertz CT molecular complexity index is 879. The lowest BCUT2D eigenvalue weighted by molar-refractivity contribution is -0.121. The largest absolute Gasteiger partial charge is 0.441 e. The molecule has 134 valence electrons. The van der Waals surface area contributed by atoms with Crippen LogP contribution in [0.4, 0.5) is 4.39 Å². The smallest absolute Gasteiger partial charge is 0.221 e. The number of nitrogens with one attached hydrogen (secondary N) is 1. The normalized spacial score (nSPS) is 12.0. The van der Waals surface area contributed by atoms with Crippen molar-refractivity contribution in [1.82, 2.24) is 15.3 Å². The van der Waals surface area contributed by atoms with E-state index in [1.807, 2.05) is 19.1 Å². The Balaban J connectivity index is 1.53. The Morgan fingerprint density at radius 1 is 1.19 bits per heavy atom. The molecule has 2 heterocycles. The predicted octanol–water partition coefficient (Wildman–Crippen LogP) is 4.45. The van der Waals surface area contributed by atoms with Crippen LogP contribution in [0, 0.1) is 5.82 Å². The lowest BCUT2D eigenvalue weighted by Gasteiger charge is -2.13. The fourth-order valence-electron chi connectivity index (χ4n) is 2.42. The number of oxazole rings is 1. The maximum atomic E-state index is 13.0. The fraction of sp³-hybridized carbons (Fsp3) is 0.211. The number of halogens is 2. The molecule has 0 aliphatic heterocycles. The highest BCUT2D eigenvalue weighted by molar-refractivity contribution is 9.10. The molecule has 3 rings (SSSR count). The molecule has 26 heavy (non-hydrogen) atoms. The van der Waals surface area contributed by atoms with Gasteiger partial charge in [0, 0.05) is 29.1 Å². The van der Waals surface area contributed by atoms with Gasteiger partial charge in [-0.05, 0) is 59.3 Å². The second-order valence-electron chi connectivity index (χ2n) is 5.82. The first-order valence-electron chi connectivity index (χ1n) is 8.13. The SMILES string of the molecule is C[C@H](NC(=O)CCc1ncc(-c2ccc(F)cc2)o1)c1ccc(Br)cn1. The zero-order chi connectivity index (χ0) is 18.5. The van der Waals surface area contributed by atoms with Crippen LogP contribution in [0.2, 0.25) is 0 Å². The highest BCUT2D eigenvalue weighted by Crippen LogP contribution is 2.21. The zero-order valence-electron chi connectivity index (χ0n) is 14.1. The highest BCUT2D eigenvalue weighted by atomic mass is 79.9. The van der Waals surface area contributed by atoms with Gasteiger partial charge in [-0.2, -0.15) is 0 Å². The van der Waals surface area contributed by atoms with Gasteiger partial charge in [-0.25, -0.2) is 9.37 Å². The molecule has 3 aromatic rings. The van der Waals surface area contributed by atoms with Crippen molar-refractivity contribution in [3.8, 4) is 11.3 Å². The molecular formula is C19H17BrFN3O2. The number of nitrogens with zero attached hydrogens (tertiary/aromatic N) is 2. The van der Waals surface area contributed by atoms with Gasteiger partial charge in [0.2, 0.25) is 5.91 Å². The first-order valence-corrected chi connectivity index (χ1v) is 8.92. The van der Waals surface area contributed by atoms with Gasteiger partial charge in [-0.15, -0.1) is 0 Å². The number of hydrogen-bond donors (Lipinski definition) is 1. The number of benzene rings is 1. The molecule has 0 radical (unpaired) electrons. The van der Waals surface area contributed by atoms with Crippen LogP contribution in [0.3, 0.4) is 0 Å². The number of rotatable bonds is 6. The van der Waals surface area contributed by atoms with Crippen molar-refractivity contribution in [2.75, 3.05) is 0 Å². The Morgan fingerprint density at radius 2 is 1.96 bits per heavy atom. The number of carbonyl (C=O) groups excluding carboxylic acids is 1. The molecule has 0 saturated carbocycles. The average Bonchev–Trinajstić information content (AvgIpc) is 3.10. The molecule has 0 aliphatic rings. The van der Waals surface area contributed by atoms with Crippen LogP contribution in [0.15, 0.2) is 57.7 Å². The van der Waals surface area contributed by atoms with Gasteiger partial charge in [-0.3, -0.25) is 9.78 Å². The van der Waals surface area contributed by atoms with Gasteiger partial charge in [0.1, 0.15) is 5.82 Å². The number of hydrogen-bond acceptors (Lipinski definition) is 4. The predicted molar refractivity (Wildman–Crippen MR) is 98.7 cm³/mol. The Hall–Kier alpha value is -2.54. The molecule has 7 heteroatoms. The Kier molecular flexibility index (Phi) is 5.78. The summed E-state index contributed by atoms with van der Waals surface area (Å²) < 4.78 is 19.5. The first-order chi connectivity index (χ1) is 12.5. The van der Waals surface area contributed by atoms with E-state index in [2.05, 4.69) is 31.2 Å². The standard InChI is InChI=1S/C19H17BrFN3O2/c1-12(16-7-4-14(20)10-22-16)24-18(25)8-9-19-23-11-17(26-19)13-2-5-15(21)6-3-13/h2-7,10-12H,8-9H2,1H3,(H,24,25)/t12-/m0/s1. The molecule has 0 spiro atoms. The molecule has 0 fully saturated rings. The monoisotopic (exact) mass is 417 g/mol. The van der Waals surface area contributed by atoms with Crippen LogP contribution in [0.25, 0.3) is 11.3 Å². The van der Waals surface area contributed by atoms with Crippen molar-refractivity contribution in [3.63, 3.8) is 0 Å². The fourth-order valence-corrected chi connectivity index (χ4v) is 2.66. The van der Waals surface area contributed by atoms with Crippen molar-refractivity contribution in [2.45, 2.75) is 25.8 Å². The van der Waals surface area contributed by atoms with Gasteiger partial charge in [-0.1, -0.05) is 0 Å². The van der Waals surface area contributed by atoms with Crippen LogP contribution in [-0.4, -0.2) is 15.9 Å². The molecule has 0 aliphatic carbocycles. The minimum atomic E-state index is -0.306. The summed E-state index contributed by atoms with van der Waals surface area (Å²) in [7, 11) is 0. The number of carbonyl (C=O) groups is 1. The third-order valence-electron chi connectivity index (χ3n) is 3.82. The van der Waals surface area contributed by atoms with E-state index >= 15 is 0 Å². The summed E-state index contributed by atoms with van der Waals surface area (Å²) >= 11 is 3.33. The quantitative estimate of drug-likeness (QED) is 0.643. The second-order valence-corrected chi connectivity index (χ2v) is 6.73. The second kappa shape index (κ2) is 8.23. The lowest BCUT2D eigenvalue weighted by atomic mass is 10.2. The average molecular weight is 418 g/mol. The van der Waals surface area contributed by atoms with Crippen LogP contribution in [0.1, 0.15) is 31.0 Å². The van der Waals surface area contributed by atoms with Crippen LogP contribution in [0.5, 0.6) is 0 Å². The molecule has 1 aromatic carbocycles. The van der Waals surface area contributed by atoms with Crippen molar-refractivity contribution in [3.05, 3.63) is 70.7 Å². The van der Waals surface area contributed by atoms with E-state index in [1.54, 1.807) is 24.5 Å². The third-order valence-corrected chi connectivity index (χ3v) is 4.29. The topological polar surface area (TPSA) is 68.0 Å². The number of aryl methyl sites for hydroxylation is 1. The summed E-state index contributed by atoms with van der Waals surface area (Å²) in [6.45, 7) is 1.88. The molecule has 0 saturated heterocycles. The van der Waals surface area contributed by atoms with Crippen molar-refractivity contribution < 1.29 is 13.6 Å². The molecule has 1 atom stereocenters. The van der Waals surface area contributed by atoms with E-state index in [9.17, 15) is 9.18 Å². The Morgan fingerprint density at radius 3 is 2.65 bits per heavy atom. The maximum absolute atomic E-state index is 13.0. The summed E-state index contributed by atoms with van der Waals surface area (Å²) in [5.41, 5.74) is 1.53. The summed E-state index contributed by atoms with van der Waals surface area (Å²) in [5.74, 6) is 0.602. The van der Waals surface area contributed by atoms with Crippen molar-refractivity contribution in [1.29, 1.82) is 0 Å². The number of amides is 1. The zero-order valence-corrected chi connectivity index (χ0v) is 15.7. The van der Waals surface area contributed by atoms with Gasteiger partial charge >= 0.3 is 0 Å². The van der Waals surface area contributed by atoms with Crippen LogP contribution < -0.4 is 5.32 Å². The molecule has 2 aromatic heterocycles. The molecule has 5 nitrogen and oxygen atoms in total. The van der Waals surface area contributed by atoms with E-state index < -0.39 is 0 Å². The van der Waals surface area contributed by atoms with Crippen LogP contribution in [-0.2, 0) is 11.2 Å². The molecular weight excluding hydrogens is 401 g/mol. The lowest BCUT2D eigenvalue weighted by Crippen LogP contribution is -2.27.